The van der Waals surface area contributed by atoms with Gasteiger partial charge in [-0.3, -0.25) is 4.79 Å². The molecule has 0 aromatic carbocycles. The minimum absolute atomic E-state index is 0.461. The molecule has 0 bridgehead atoms. The van der Waals surface area contributed by atoms with E-state index in [1.807, 2.05) is 0 Å². The zero-order valence-corrected chi connectivity index (χ0v) is 3.85. The van der Waals surface area contributed by atoms with Gasteiger partial charge in [0.2, 0.25) is 0 Å². The molecule has 0 fully saturated rings. The number of amides is 1. The molecule has 1 unspecified atom stereocenters. The third-order valence-corrected chi connectivity index (χ3v) is 0.480. The Morgan fingerprint density at radius 1 is 2.00 bits per heavy atom. The summed E-state index contributed by atoms with van der Waals surface area (Å²) in [7, 11) is 0. The second-order valence-corrected chi connectivity index (χ2v) is 1.01. The van der Waals surface area contributed by atoms with Crippen molar-refractivity contribution in [1.82, 2.24) is 5.32 Å². The lowest BCUT2D eigenvalue weighted by Crippen LogP contribution is -2.33. The predicted molar refractivity (Wildman–Crippen MR) is 27.0 cm³/mol. The molecule has 3 nitrogen and oxygen atoms in total. The second-order valence-electron chi connectivity index (χ2n) is 1.01. The van der Waals surface area contributed by atoms with Crippen molar-refractivity contribution >= 4 is 6.41 Å². The van der Waals surface area contributed by atoms with E-state index in [9.17, 15) is 4.79 Å². The highest BCUT2D eigenvalue weighted by Gasteiger charge is 1.86. The molecule has 0 aromatic heterocycles. The van der Waals surface area contributed by atoms with Crippen molar-refractivity contribution in [2.75, 3.05) is 0 Å². The van der Waals surface area contributed by atoms with Gasteiger partial charge >= 0.3 is 6.41 Å². The second kappa shape index (κ2) is 3.36. The summed E-state index contributed by atoms with van der Waals surface area (Å²) in [5.74, 6) is 0. The van der Waals surface area contributed by atoms with E-state index in [1.54, 1.807) is 0 Å². The average molecular weight is 99.1 g/mol. The van der Waals surface area contributed by atoms with Gasteiger partial charge in [-0.25, -0.2) is 0 Å². The minimum atomic E-state index is -0.461. The Bertz CT molecular complexity index is 72.1. The third kappa shape index (κ3) is 2.99. The van der Waals surface area contributed by atoms with Gasteiger partial charge in [-0.05, 0) is 0 Å². The van der Waals surface area contributed by atoms with E-state index in [4.69, 9.17) is 5.73 Å². The van der Waals surface area contributed by atoms with Gasteiger partial charge in [0, 0.05) is 0 Å². The van der Waals surface area contributed by atoms with Crippen LogP contribution in [0.5, 0.6) is 0 Å². The fourth-order valence-corrected chi connectivity index (χ4v) is 0.127. The van der Waals surface area contributed by atoms with Gasteiger partial charge in [0.05, 0.1) is 6.17 Å². The van der Waals surface area contributed by atoms with Gasteiger partial charge in [-0.15, -0.1) is 0 Å². The molecule has 1 atom stereocenters. The fraction of sp³-hybridized carbons (Fsp3) is 0.250. The first kappa shape index (κ1) is 6.17. The van der Waals surface area contributed by atoms with E-state index in [-0.39, 0.29) is 0 Å². The zero-order valence-electron chi connectivity index (χ0n) is 3.85. The summed E-state index contributed by atoms with van der Waals surface area (Å²) < 4.78 is 0. The van der Waals surface area contributed by atoms with Crippen LogP contribution in [0.3, 0.4) is 0 Å². The first-order chi connectivity index (χ1) is 3.31. The number of nitrogens with one attached hydrogen (secondary N) is 1. The molecule has 0 saturated heterocycles. The summed E-state index contributed by atoms with van der Waals surface area (Å²) in [6.07, 6.45) is 2.37. The highest BCUT2D eigenvalue weighted by Crippen LogP contribution is 1.63. The van der Waals surface area contributed by atoms with Gasteiger partial charge in [0.25, 0.3) is 0 Å². The zero-order chi connectivity index (χ0) is 5.70. The lowest BCUT2D eigenvalue weighted by Gasteiger charge is -1.98. The SMILES string of the molecule is C=CC(N)N[C]=O. The first-order valence-electron chi connectivity index (χ1n) is 1.82. The van der Waals surface area contributed by atoms with Gasteiger partial charge in [-0.1, -0.05) is 12.7 Å². The molecule has 3 heteroatoms. The molecule has 1 amide bonds. The molecule has 0 aromatic rings. The molecule has 0 aliphatic rings. The maximum absolute atomic E-state index is 9.41. The van der Waals surface area contributed by atoms with Gasteiger partial charge in [-0.2, -0.15) is 0 Å². The van der Waals surface area contributed by atoms with Crippen molar-refractivity contribution in [3.05, 3.63) is 12.7 Å². The number of nitrogens with two attached hydrogens (primary N) is 1. The molecule has 1 radical (unpaired) electrons. The Balaban J connectivity index is 3.15. The van der Waals surface area contributed by atoms with Crippen LogP contribution in [0.4, 0.5) is 0 Å². The van der Waals surface area contributed by atoms with Crippen molar-refractivity contribution in [3.63, 3.8) is 0 Å². The normalized spacial score (nSPS) is 12.1. The molecule has 0 heterocycles. The first-order valence-corrected chi connectivity index (χ1v) is 1.82. The summed E-state index contributed by atoms with van der Waals surface area (Å²) in [6.45, 7) is 3.31. The summed E-state index contributed by atoms with van der Waals surface area (Å²) in [4.78, 5) is 9.41. The standard InChI is InChI=1S/C4H7N2O/c1-2-4(5)6-3-7/h2,4H,1,5H2,(H,6,7). The van der Waals surface area contributed by atoms with Crippen molar-refractivity contribution in [3.8, 4) is 0 Å². The van der Waals surface area contributed by atoms with E-state index >= 15 is 0 Å². The summed E-state index contributed by atoms with van der Waals surface area (Å²) >= 11 is 0. The largest absolute Gasteiger partial charge is 0.329 e. The molecule has 7 heavy (non-hydrogen) atoms. The fourth-order valence-electron chi connectivity index (χ4n) is 0.127. The van der Waals surface area contributed by atoms with E-state index in [1.165, 1.54) is 12.5 Å². The Morgan fingerprint density at radius 2 is 2.57 bits per heavy atom. The van der Waals surface area contributed by atoms with Gasteiger partial charge in [0.15, 0.2) is 0 Å². The number of carbonyl (C=O) groups excluding carboxylic acids is 1. The van der Waals surface area contributed by atoms with Gasteiger partial charge in [0.1, 0.15) is 0 Å². The molecule has 0 saturated carbocycles. The summed E-state index contributed by atoms with van der Waals surface area (Å²) in [5, 5.41) is 2.15. The van der Waals surface area contributed by atoms with Crippen LogP contribution in [0.2, 0.25) is 0 Å². The van der Waals surface area contributed by atoms with E-state index in [2.05, 4.69) is 11.9 Å². The Kier molecular flexibility index (Phi) is 2.96. The maximum Gasteiger partial charge on any atom is 0.310 e. The Morgan fingerprint density at radius 3 is 2.71 bits per heavy atom. The van der Waals surface area contributed by atoms with Crippen LogP contribution in [-0.4, -0.2) is 12.6 Å². The van der Waals surface area contributed by atoms with Gasteiger partial charge < -0.3 is 11.1 Å². The molecule has 39 valence electrons. The topological polar surface area (TPSA) is 55.1 Å². The molecule has 0 rings (SSSR count). The van der Waals surface area contributed by atoms with Crippen molar-refractivity contribution < 1.29 is 4.79 Å². The smallest absolute Gasteiger partial charge is 0.310 e. The lowest BCUT2D eigenvalue weighted by atomic mass is 10.5. The summed E-state index contributed by atoms with van der Waals surface area (Å²) in [6, 6.07) is 0. The average Bonchev–Trinajstić information content (AvgIpc) is 1.68. The maximum atomic E-state index is 9.41. The predicted octanol–water partition coefficient (Wildman–Crippen LogP) is -0.886. The lowest BCUT2D eigenvalue weighted by molar-refractivity contribution is 0.535. The highest BCUT2D eigenvalue weighted by atomic mass is 16.1. The highest BCUT2D eigenvalue weighted by molar-refractivity contribution is 5.47. The van der Waals surface area contributed by atoms with Crippen LogP contribution < -0.4 is 11.1 Å². The monoisotopic (exact) mass is 99.1 g/mol. The minimum Gasteiger partial charge on any atom is -0.329 e. The summed E-state index contributed by atoms with van der Waals surface area (Å²) in [5.41, 5.74) is 5.09. The van der Waals surface area contributed by atoms with Crippen LogP contribution in [0, 0.1) is 0 Å². The Labute approximate surface area is 42.2 Å². The van der Waals surface area contributed by atoms with Crippen LogP contribution in [0.1, 0.15) is 0 Å². The van der Waals surface area contributed by atoms with Crippen LogP contribution in [0.25, 0.3) is 0 Å². The van der Waals surface area contributed by atoms with Crippen LogP contribution in [0.15, 0.2) is 12.7 Å². The van der Waals surface area contributed by atoms with Crippen LogP contribution >= 0.6 is 0 Å². The van der Waals surface area contributed by atoms with E-state index in [0.29, 0.717) is 0 Å². The number of hydrogen-bond acceptors (Lipinski definition) is 2. The quantitative estimate of drug-likeness (QED) is 0.274. The van der Waals surface area contributed by atoms with Crippen LogP contribution in [-0.2, 0) is 4.79 Å². The van der Waals surface area contributed by atoms with E-state index in [0.717, 1.165) is 0 Å². The molecule has 0 aliphatic heterocycles. The third-order valence-electron chi connectivity index (χ3n) is 0.480. The number of hydrogen-bond donors (Lipinski definition) is 2. The van der Waals surface area contributed by atoms with E-state index < -0.39 is 6.17 Å². The van der Waals surface area contributed by atoms with Crippen molar-refractivity contribution in [2.45, 2.75) is 6.17 Å². The molecule has 3 N–H and O–H groups in total. The molecular weight excluding hydrogens is 92.1 g/mol. The van der Waals surface area contributed by atoms with Crippen molar-refractivity contribution in [1.29, 1.82) is 0 Å². The van der Waals surface area contributed by atoms with Crippen molar-refractivity contribution in [2.24, 2.45) is 5.73 Å². The molecule has 0 spiro atoms. The Hall–Kier alpha value is -0.830. The molecule has 0 aliphatic carbocycles. The number of rotatable bonds is 3. The molecular formula is C4H7N2O.